The molecule has 2 unspecified atom stereocenters. The summed E-state index contributed by atoms with van der Waals surface area (Å²) in [6, 6.07) is 13.5. The summed E-state index contributed by atoms with van der Waals surface area (Å²) in [5.41, 5.74) is 3.32. The van der Waals surface area contributed by atoms with Crippen LogP contribution in [-0.2, 0) is 22.4 Å². The number of aliphatic hydroxyl groups excluding tert-OH is 1. The molecule has 1 aliphatic rings. The third-order valence-corrected chi connectivity index (χ3v) is 5.55. The number of carbonyl (C=O) groups excluding carboxylic acids is 1. The zero-order valence-corrected chi connectivity index (χ0v) is 18.8. The highest BCUT2D eigenvalue weighted by molar-refractivity contribution is 6.30. The molecule has 2 aromatic rings. The van der Waals surface area contributed by atoms with Crippen molar-refractivity contribution >= 4 is 30.0 Å². The molecule has 0 aliphatic heterocycles. The molecule has 0 bridgehead atoms. The Morgan fingerprint density at radius 3 is 2.77 bits per heavy atom. The van der Waals surface area contributed by atoms with E-state index in [-0.39, 0.29) is 31.0 Å². The fourth-order valence-electron chi connectivity index (χ4n) is 3.72. The SMILES string of the molecule is CCOC(=O)COc1ccc2c(c1)CC(NC[C@@H](O)c1cccc(Cl)c1)C(C)C2.Cl. The minimum absolute atomic E-state index is 0. The first kappa shape index (κ1) is 24.5. The Morgan fingerprint density at radius 1 is 1.23 bits per heavy atom. The average molecular weight is 454 g/mol. The molecule has 0 aromatic heterocycles. The topological polar surface area (TPSA) is 67.8 Å². The first-order valence-electron chi connectivity index (χ1n) is 10.0. The minimum Gasteiger partial charge on any atom is -0.482 e. The zero-order chi connectivity index (χ0) is 20.8. The maximum absolute atomic E-state index is 11.5. The van der Waals surface area contributed by atoms with Gasteiger partial charge in [-0.15, -0.1) is 12.4 Å². The number of nitrogens with one attached hydrogen (secondary N) is 1. The lowest BCUT2D eigenvalue weighted by Gasteiger charge is -2.32. The van der Waals surface area contributed by atoms with Crippen molar-refractivity contribution in [2.45, 2.75) is 38.8 Å². The highest BCUT2D eigenvalue weighted by atomic mass is 35.5. The van der Waals surface area contributed by atoms with E-state index in [4.69, 9.17) is 21.1 Å². The van der Waals surface area contributed by atoms with Gasteiger partial charge in [0.1, 0.15) is 5.75 Å². The van der Waals surface area contributed by atoms with Crippen LogP contribution in [0.3, 0.4) is 0 Å². The summed E-state index contributed by atoms with van der Waals surface area (Å²) in [7, 11) is 0. The van der Waals surface area contributed by atoms with Crippen LogP contribution >= 0.6 is 24.0 Å². The van der Waals surface area contributed by atoms with Gasteiger partial charge in [0.2, 0.25) is 0 Å². The van der Waals surface area contributed by atoms with Gasteiger partial charge in [-0.05, 0) is 66.6 Å². The normalized spacial score (nSPS) is 18.7. The molecule has 2 N–H and O–H groups in total. The van der Waals surface area contributed by atoms with Crippen LogP contribution in [0.25, 0.3) is 0 Å². The molecule has 0 saturated heterocycles. The fourth-order valence-corrected chi connectivity index (χ4v) is 3.92. The number of hydrogen-bond donors (Lipinski definition) is 2. The Hall–Kier alpha value is -1.79. The lowest BCUT2D eigenvalue weighted by Crippen LogP contribution is -2.42. The summed E-state index contributed by atoms with van der Waals surface area (Å²) in [5, 5.41) is 14.6. The van der Waals surface area contributed by atoms with E-state index in [0.717, 1.165) is 18.4 Å². The van der Waals surface area contributed by atoms with E-state index >= 15 is 0 Å². The second-order valence-corrected chi connectivity index (χ2v) is 7.93. The molecule has 3 rings (SSSR count). The zero-order valence-electron chi connectivity index (χ0n) is 17.3. The second kappa shape index (κ2) is 11.6. The highest BCUT2D eigenvalue weighted by Gasteiger charge is 2.26. The van der Waals surface area contributed by atoms with Gasteiger partial charge in [0.25, 0.3) is 0 Å². The van der Waals surface area contributed by atoms with E-state index in [2.05, 4.69) is 18.3 Å². The quantitative estimate of drug-likeness (QED) is 0.588. The van der Waals surface area contributed by atoms with E-state index in [1.165, 1.54) is 11.1 Å². The summed E-state index contributed by atoms with van der Waals surface area (Å²) in [6.07, 6.45) is 1.19. The van der Waals surface area contributed by atoms with Crippen molar-refractivity contribution < 1.29 is 19.4 Å². The molecule has 5 nitrogen and oxygen atoms in total. The second-order valence-electron chi connectivity index (χ2n) is 7.50. The maximum atomic E-state index is 11.5. The van der Waals surface area contributed by atoms with E-state index in [0.29, 0.717) is 29.8 Å². The lowest BCUT2D eigenvalue weighted by atomic mass is 9.81. The molecule has 0 spiro atoms. The Balaban J connectivity index is 0.00000320. The van der Waals surface area contributed by atoms with Crippen LogP contribution in [-0.4, -0.2) is 36.9 Å². The molecular formula is C23H29Cl2NO4. The van der Waals surface area contributed by atoms with Crippen molar-refractivity contribution in [3.8, 4) is 5.75 Å². The lowest BCUT2D eigenvalue weighted by molar-refractivity contribution is -0.145. The number of benzene rings is 2. The molecule has 0 fully saturated rings. The monoisotopic (exact) mass is 453 g/mol. The molecule has 164 valence electrons. The van der Waals surface area contributed by atoms with Gasteiger partial charge < -0.3 is 19.9 Å². The van der Waals surface area contributed by atoms with Gasteiger partial charge in [-0.1, -0.05) is 36.7 Å². The van der Waals surface area contributed by atoms with Gasteiger partial charge in [0.05, 0.1) is 12.7 Å². The minimum atomic E-state index is -0.610. The van der Waals surface area contributed by atoms with Gasteiger partial charge in [-0.2, -0.15) is 0 Å². The van der Waals surface area contributed by atoms with Crippen LogP contribution < -0.4 is 10.1 Å². The summed E-state index contributed by atoms with van der Waals surface area (Å²) in [4.78, 5) is 11.5. The molecule has 2 aromatic carbocycles. The van der Waals surface area contributed by atoms with E-state index < -0.39 is 6.10 Å². The third kappa shape index (κ3) is 6.61. The van der Waals surface area contributed by atoms with Crippen LogP contribution in [0.4, 0.5) is 0 Å². The first-order chi connectivity index (χ1) is 14.0. The number of hydrogen-bond acceptors (Lipinski definition) is 5. The summed E-state index contributed by atoms with van der Waals surface area (Å²) in [6.45, 7) is 4.71. The third-order valence-electron chi connectivity index (χ3n) is 5.32. The van der Waals surface area contributed by atoms with Gasteiger partial charge in [-0.25, -0.2) is 4.79 Å². The molecular weight excluding hydrogens is 425 g/mol. The standard InChI is InChI=1S/C23H28ClNO4.ClH/c1-3-28-23(27)14-29-20-8-7-16-9-15(2)21(12-18(16)11-20)25-13-22(26)17-5-4-6-19(24)10-17;/h4-8,10-11,15,21-22,25-26H,3,9,12-14H2,1-2H3;1H/t15?,21?,22-;/m1./s1. The van der Waals surface area contributed by atoms with Crippen LogP contribution in [0.1, 0.15) is 36.6 Å². The predicted molar refractivity (Wildman–Crippen MR) is 121 cm³/mol. The first-order valence-corrected chi connectivity index (χ1v) is 10.4. The molecule has 1 aliphatic carbocycles. The molecule has 0 radical (unpaired) electrons. The Kier molecular flexibility index (Phi) is 9.43. The number of rotatable bonds is 8. The molecule has 0 saturated carbocycles. The predicted octanol–water partition coefficient (Wildman–Crippen LogP) is 4.13. The summed E-state index contributed by atoms with van der Waals surface area (Å²) >= 11 is 6.02. The summed E-state index contributed by atoms with van der Waals surface area (Å²) < 4.78 is 10.5. The van der Waals surface area contributed by atoms with E-state index in [1.54, 1.807) is 19.1 Å². The number of carbonyl (C=O) groups is 1. The van der Waals surface area contributed by atoms with Crippen LogP contribution in [0, 0.1) is 5.92 Å². The molecule has 30 heavy (non-hydrogen) atoms. The van der Waals surface area contributed by atoms with Crippen LogP contribution in [0.5, 0.6) is 5.75 Å². The van der Waals surface area contributed by atoms with Gasteiger partial charge >= 0.3 is 5.97 Å². The number of esters is 1. The molecule has 0 heterocycles. The van der Waals surface area contributed by atoms with Crippen molar-refractivity contribution in [2.24, 2.45) is 5.92 Å². The Bertz CT molecular complexity index is 846. The smallest absolute Gasteiger partial charge is 0.344 e. The number of aliphatic hydroxyl groups is 1. The average Bonchev–Trinajstić information content (AvgIpc) is 2.70. The molecule has 0 amide bonds. The Labute approximate surface area is 189 Å². The highest BCUT2D eigenvalue weighted by Crippen LogP contribution is 2.29. The largest absolute Gasteiger partial charge is 0.482 e. The van der Waals surface area contributed by atoms with Gasteiger partial charge in [0.15, 0.2) is 6.61 Å². The Morgan fingerprint density at radius 2 is 2.03 bits per heavy atom. The van der Waals surface area contributed by atoms with E-state index in [1.807, 2.05) is 24.3 Å². The molecule has 7 heteroatoms. The van der Waals surface area contributed by atoms with Crippen molar-refractivity contribution in [1.82, 2.24) is 5.32 Å². The molecule has 3 atom stereocenters. The summed E-state index contributed by atoms with van der Waals surface area (Å²) in [5.74, 6) is 0.748. The van der Waals surface area contributed by atoms with Crippen molar-refractivity contribution in [1.29, 1.82) is 0 Å². The van der Waals surface area contributed by atoms with Gasteiger partial charge in [0, 0.05) is 17.6 Å². The fraction of sp³-hybridized carbons (Fsp3) is 0.435. The van der Waals surface area contributed by atoms with Crippen LogP contribution in [0.15, 0.2) is 42.5 Å². The van der Waals surface area contributed by atoms with Crippen molar-refractivity contribution in [3.63, 3.8) is 0 Å². The number of ether oxygens (including phenoxy) is 2. The number of fused-ring (bicyclic) bond motifs is 1. The van der Waals surface area contributed by atoms with Crippen LogP contribution in [0.2, 0.25) is 5.02 Å². The van der Waals surface area contributed by atoms with E-state index in [9.17, 15) is 9.90 Å². The van der Waals surface area contributed by atoms with Crippen molar-refractivity contribution in [2.75, 3.05) is 19.8 Å². The van der Waals surface area contributed by atoms with Gasteiger partial charge in [-0.3, -0.25) is 0 Å². The van der Waals surface area contributed by atoms with Crippen molar-refractivity contribution in [3.05, 3.63) is 64.2 Å². The maximum Gasteiger partial charge on any atom is 0.344 e. The number of halogens is 2.